The highest BCUT2D eigenvalue weighted by molar-refractivity contribution is 5.93. The summed E-state index contributed by atoms with van der Waals surface area (Å²) in [6, 6.07) is 12.5. The molecule has 1 heterocycles. The predicted molar refractivity (Wildman–Crippen MR) is 93.4 cm³/mol. The maximum Gasteiger partial charge on any atom is 0.272 e. The average Bonchev–Trinajstić information content (AvgIpc) is 2.65. The number of aliphatic hydroxyl groups excluding tert-OH is 1. The standard InChI is InChI=1S/C19H22F2N2O3/c1-19(13-24,9-14-5-3-2-4-6-14)12-23-18(25)15-7-8-17(22-10-15)26-11-16(20)21/h2-8,10,16,24H,9,11-13H2,1H3,(H,23,25). The molecule has 0 aliphatic carbocycles. The van der Waals surface area contributed by atoms with Crippen molar-refractivity contribution in [2.75, 3.05) is 19.8 Å². The maximum absolute atomic E-state index is 12.2. The summed E-state index contributed by atoms with van der Waals surface area (Å²) in [5.41, 5.74) is 0.847. The molecule has 7 heteroatoms. The van der Waals surface area contributed by atoms with Gasteiger partial charge in [-0.05, 0) is 18.1 Å². The molecule has 1 unspecified atom stereocenters. The Morgan fingerprint density at radius 3 is 2.58 bits per heavy atom. The Morgan fingerprint density at radius 2 is 2.00 bits per heavy atom. The third-order valence-corrected chi connectivity index (χ3v) is 3.89. The Kier molecular flexibility index (Phi) is 7.03. The monoisotopic (exact) mass is 364 g/mol. The van der Waals surface area contributed by atoms with E-state index in [4.69, 9.17) is 4.74 Å². The highest BCUT2D eigenvalue weighted by atomic mass is 19.3. The van der Waals surface area contributed by atoms with Gasteiger partial charge in [0.1, 0.15) is 0 Å². The van der Waals surface area contributed by atoms with Crippen LogP contribution in [0.15, 0.2) is 48.7 Å². The Morgan fingerprint density at radius 1 is 1.27 bits per heavy atom. The molecule has 1 atom stereocenters. The molecular weight excluding hydrogens is 342 g/mol. The van der Waals surface area contributed by atoms with Crippen LogP contribution in [0.25, 0.3) is 0 Å². The minimum Gasteiger partial charge on any atom is -0.472 e. The average molecular weight is 364 g/mol. The van der Waals surface area contributed by atoms with Crippen LogP contribution in [0, 0.1) is 5.41 Å². The van der Waals surface area contributed by atoms with Crippen molar-refractivity contribution in [2.45, 2.75) is 19.8 Å². The zero-order valence-corrected chi connectivity index (χ0v) is 14.5. The first-order valence-electron chi connectivity index (χ1n) is 8.22. The van der Waals surface area contributed by atoms with Crippen LogP contribution in [0.2, 0.25) is 0 Å². The molecule has 0 aliphatic heterocycles. The molecule has 2 N–H and O–H groups in total. The fraction of sp³-hybridized carbons (Fsp3) is 0.368. The number of nitrogens with zero attached hydrogens (tertiary/aromatic N) is 1. The van der Waals surface area contributed by atoms with E-state index in [2.05, 4.69) is 10.3 Å². The van der Waals surface area contributed by atoms with Crippen LogP contribution in [0.3, 0.4) is 0 Å². The van der Waals surface area contributed by atoms with Gasteiger partial charge in [-0.3, -0.25) is 4.79 Å². The molecule has 0 saturated heterocycles. The molecule has 0 bridgehead atoms. The van der Waals surface area contributed by atoms with Crippen LogP contribution in [0.5, 0.6) is 5.88 Å². The second kappa shape index (κ2) is 9.24. The lowest BCUT2D eigenvalue weighted by Crippen LogP contribution is -2.39. The third-order valence-electron chi connectivity index (χ3n) is 3.89. The lowest BCUT2D eigenvalue weighted by Gasteiger charge is -2.27. The van der Waals surface area contributed by atoms with Crippen LogP contribution < -0.4 is 10.1 Å². The van der Waals surface area contributed by atoms with E-state index in [9.17, 15) is 18.7 Å². The summed E-state index contributed by atoms with van der Waals surface area (Å²) in [5, 5.41) is 12.5. The smallest absolute Gasteiger partial charge is 0.272 e. The van der Waals surface area contributed by atoms with E-state index in [1.165, 1.54) is 18.3 Å². The summed E-state index contributed by atoms with van der Waals surface area (Å²) in [4.78, 5) is 16.1. The van der Waals surface area contributed by atoms with E-state index in [1.54, 1.807) is 0 Å². The molecule has 140 valence electrons. The Hall–Kier alpha value is -2.54. The molecule has 0 spiro atoms. The SMILES string of the molecule is CC(CO)(CNC(=O)c1ccc(OCC(F)F)nc1)Cc1ccccc1. The van der Waals surface area contributed by atoms with Crippen LogP contribution in [-0.4, -0.2) is 42.2 Å². The van der Waals surface area contributed by atoms with Gasteiger partial charge in [0.05, 0.1) is 12.2 Å². The topological polar surface area (TPSA) is 71.5 Å². The quantitative estimate of drug-likeness (QED) is 0.718. The first-order chi connectivity index (χ1) is 12.4. The van der Waals surface area contributed by atoms with Gasteiger partial charge in [0.15, 0.2) is 6.61 Å². The number of hydrogen-bond donors (Lipinski definition) is 2. The summed E-state index contributed by atoms with van der Waals surface area (Å²) in [6.45, 7) is 1.34. The van der Waals surface area contributed by atoms with E-state index in [0.29, 0.717) is 6.42 Å². The van der Waals surface area contributed by atoms with Crippen molar-refractivity contribution in [3.8, 4) is 5.88 Å². The Bertz CT molecular complexity index is 696. The molecule has 1 amide bonds. The fourth-order valence-electron chi connectivity index (χ4n) is 2.41. The van der Waals surface area contributed by atoms with Gasteiger partial charge in [0.2, 0.25) is 5.88 Å². The van der Waals surface area contributed by atoms with E-state index < -0.39 is 18.4 Å². The number of ether oxygens (including phenoxy) is 1. The number of nitrogens with one attached hydrogen (secondary N) is 1. The van der Waals surface area contributed by atoms with E-state index >= 15 is 0 Å². The molecule has 0 saturated carbocycles. The number of benzene rings is 1. The van der Waals surface area contributed by atoms with Gasteiger partial charge in [-0.1, -0.05) is 37.3 Å². The molecule has 2 rings (SSSR count). The van der Waals surface area contributed by atoms with Gasteiger partial charge < -0.3 is 15.2 Å². The highest BCUT2D eigenvalue weighted by Gasteiger charge is 2.25. The molecule has 5 nitrogen and oxygen atoms in total. The van der Waals surface area contributed by atoms with Gasteiger partial charge in [-0.2, -0.15) is 0 Å². The summed E-state index contributed by atoms with van der Waals surface area (Å²) < 4.78 is 29.0. The number of pyridine rings is 1. The Balaban J connectivity index is 1.91. The summed E-state index contributed by atoms with van der Waals surface area (Å²) in [6.07, 6.45) is -0.701. The first-order valence-corrected chi connectivity index (χ1v) is 8.22. The minimum atomic E-state index is -2.58. The first kappa shape index (κ1) is 19.8. The highest BCUT2D eigenvalue weighted by Crippen LogP contribution is 2.21. The van der Waals surface area contributed by atoms with Crippen molar-refractivity contribution in [3.63, 3.8) is 0 Å². The number of carbonyl (C=O) groups is 1. The third kappa shape index (κ3) is 6.07. The molecule has 0 radical (unpaired) electrons. The van der Waals surface area contributed by atoms with E-state index in [-0.39, 0.29) is 30.5 Å². The zero-order chi connectivity index (χ0) is 19.0. The summed E-state index contributed by atoms with van der Waals surface area (Å²) in [5.74, 6) is -0.322. The van der Waals surface area contributed by atoms with Crippen molar-refractivity contribution in [1.82, 2.24) is 10.3 Å². The van der Waals surface area contributed by atoms with Crippen molar-refractivity contribution in [3.05, 3.63) is 59.8 Å². The van der Waals surface area contributed by atoms with E-state index in [1.807, 2.05) is 37.3 Å². The lowest BCUT2D eigenvalue weighted by atomic mass is 9.84. The maximum atomic E-state index is 12.2. The molecule has 26 heavy (non-hydrogen) atoms. The lowest BCUT2D eigenvalue weighted by molar-refractivity contribution is 0.0794. The fourth-order valence-corrected chi connectivity index (χ4v) is 2.41. The molecule has 0 aliphatic rings. The number of hydrogen-bond acceptors (Lipinski definition) is 4. The second-order valence-electron chi connectivity index (χ2n) is 6.40. The molecule has 1 aromatic heterocycles. The van der Waals surface area contributed by atoms with Gasteiger partial charge in [-0.15, -0.1) is 0 Å². The minimum absolute atomic E-state index is 0.0334. The number of alkyl halides is 2. The molecule has 2 aromatic rings. The summed E-state index contributed by atoms with van der Waals surface area (Å²) >= 11 is 0. The van der Waals surface area contributed by atoms with Gasteiger partial charge in [0, 0.05) is 24.2 Å². The molecule has 1 aromatic carbocycles. The molecular formula is C19H22F2N2O3. The van der Waals surface area contributed by atoms with Crippen LogP contribution in [0.1, 0.15) is 22.8 Å². The molecule has 0 fully saturated rings. The van der Waals surface area contributed by atoms with Crippen molar-refractivity contribution in [2.24, 2.45) is 5.41 Å². The predicted octanol–water partition coefficient (Wildman–Crippen LogP) is 2.70. The van der Waals surface area contributed by atoms with Gasteiger partial charge in [-0.25, -0.2) is 13.8 Å². The van der Waals surface area contributed by atoms with Gasteiger partial charge in [0.25, 0.3) is 12.3 Å². The van der Waals surface area contributed by atoms with Crippen LogP contribution in [-0.2, 0) is 6.42 Å². The largest absolute Gasteiger partial charge is 0.472 e. The van der Waals surface area contributed by atoms with Crippen LogP contribution >= 0.6 is 0 Å². The van der Waals surface area contributed by atoms with Crippen LogP contribution in [0.4, 0.5) is 8.78 Å². The zero-order valence-electron chi connectivity index (χ0n) is 14.5. The number of halogens is 2. The van der Waals surface area contributed by atoms with E-state index in [0.717, 1.165) is 5.56 Å². The Labute approximate surface area is 151 Å². The number of aliphatic hydroxyl groups is 1. The normalized spacial score (nSPS) is 13.3. The number of carbonyl (C=O) groups excluding carboxylic acids is 1. The van der Waals surface area contributed by atoms with Crippen molar-refractivity contribution >= 4 is 5.91 Å². The second-order valence-corrected chi connectivity index (χ2v) is 6.40. The van der Waals surface area contributed by atoms with Gasteiger partial charge >= 0.3 is 0 Å². The van der Waals surface area contributed by atoms with Crippen molar-refractivity contribution in [1.29, 1.82) is 0 Å². The number of amides is 1. The van der Waals surface area contributed by atoms with Crippen molar-refractivity contribution < 1.29 is 23.4 Å². The summed E-state index contributed by atoms with van der Waals surface area (Å²) in [7, 11) is 0. The number of rotatable bonds is 9. The number of aromatic nitrogens is 1.